The topological polar surface area (TPSA) is 116 Å². The Morgan fingerprint density at radius 1 is 1.19 bits per heavy atom. The van der Waals surface area contributed by atoms with E-state index in [4.69, 9.17) is 4.74 Å². The third kappa shape index (κ3) is 4.89. The Labute approximate surface area is 157 Å². The summed E-state index contributed by atoms with van der Waals surface area (Å²) in [5, 5.41) is 11.0. The van der Waals surface area contributed by atoms with Gasteiger partial charge in [-0.1, -0.05) is 12.1 Å². The van der Waals surface area contributed by atoms with Gasteiger partial charge in [0.15, 0.2) is 0 Å². The van der Waals surface area contributed by atoms with Gasteiger partial charge in [-0.3, -0.25) is 10.1 Å². The van der Waals surface area contributed by atoms with Crippen LogP contribution in [0.25, 0.3) is 0 Å². The first-order valence-electron chi connectivity index (χ1n) is 8.17. The van der Waals surface area contributed by atoms with Crippen LogP contribution >= 0.6 is 0 Å². The average Bonchev–Trinajstić information content (AvgIpc) is 2.62. The van der Waals surface area contributed by atoms with Crippen molar-refractivity contribution < 1.29 is 22.9 Å². The van der Waals surface area contributed by atoms with Gasteiger partial charge in [0, 0.05) is 18.7 Å². The molecule has 0 heterocycles. The summed E-state index contributed by atoms with van der Waals surface area (Å²) in [6.07, 6.45) is 0. The number of nitro benzene ring substituents is 1. The summed E-state index contributed by atoms with van der Waals surface area (Å²) in [6, 6.07) is 8.70. The van der Waals surface area contributed by atoms with Crippen molar-refractivity contribution in [3.05, 3.63) is 68.8 Å². The number of sulfonamides is 1. The van der Waals surface area contributed by atoms with Crippen molar-refractivity contribution in [2.75, 3.05) is 6.61 Å². The molecule has 2 rings (SSSR count). The summed E-state index contributed by atoms with van der Waals surface area (Å²) in [4.78, 5) is 21.9. The molecule has 0 saturated heterocycles. The third-order valence-corrected chi connectivity index (χ3v) is 5.56. The monoisotopic (exact) mass is 392 g/mol. The highest BCUT2D eigenvalue weighted by molar-refractivity contribution is 7.89. The molecule has 0 amide bonds. The van der Waals surface area contributed by atoms with E-state index in [1.165, 1.54) is 6.07 Å². The van der Waals surface area contributed by atoms with Crippen molar-refractivity contribution in [2.45, 2.75) is 32.2 Å². The van der Waals surface area contributed by atoms with Gasteiger partial charge in [0.1, 0.15) is 0 Å². The second kappa shape index (κ2) is 8.28. The summed E-state index contributed by atoms with van der Waals surface area (Å²) < 4.78 is 32.5. The van der Waals surface area contributed by atoms with Crippen molar-refractivity contribution in [1.82, 2.24) is 4.72 Å². The number of carbonyl (C=O) groups is 1. The van der Waals surface area contributed by atoms with Crippen LogP contribution in [-0.4, -0.2) is 25.9 Å². The van der Waals surface area contributed by atoms with E-state index in [-0.39, 0.29) is 23.7 Å². The second-order valence-corrected chi connectivity index (χ2v) is 7.62. The molecule has 0 aliphatic carbocycles. The largest absolute Gasteiger partial charge is 0.462 e. The molecule has 2 aromatic rings. The first-order chi connectivity index (χ1) is 12.7. The molecule has 9 heteroatoms. The molecule has 2 aromatic carbocycles. The third-order valence-electron chi connectivity index (χ3n) is 4.04. The zero-order chi connectivity index (χ0) is 20.2. The zero-order valence-corrected chi connectivity index (χ0v) is 16.0. The molecule has 0 unspecified atom stereocenters. The standard InChI is InChI=1S/C18H20N2O6S/c1-4-26-18(21)15-7-5-14(6-8-15)11-19-27(24,25)17-10-16(20(22)23)9-12(2)13(17)3/h5-10,19H,4,11H2,1-3H3. The SMILES string of the molecule is CCOC(=O)c1ccc(CNS(=O)(=O)c2cc([N+](=O)[O-])cc(C)c2C)cc1. The summed E-state index contributed by atoms with van der Waals surface area (Å²) in [5.74, 6) is -0.452. The molecular weight excluding hydrogens is 372 g/mol. The molecule has 0 radical (unpaired) electrons. The van der Waals surface area contributed by atoms with Crippen molar-refractivity contribution in [3.63, 3.8) is 0 Å². The lowest BCUT2D eigenvalue weighted by molar-refractivity contribution is -0.385. The van der Waals surface area contributed by atoms with Gasteiger partial charge < -0.3 is 4.74 Å². The van der Waals surface area contributed by atoms with Crippen LogP contribution in [0.4, 0.5) is 5.69 Å². The number of hydrogen-bond acceptors (Lipinski definition) is 6. The Bertz CT molecular complexity index is 968. The number of nitrogens with one attached hydrogen (secondary N) is 1. The fourth-order valence-corrected chi connectivity index (χ4v) is 3.77. The highest BCUT2D eigenvalue weighted by Gasteiger charge is 2.22. The van der Waals surface area contributed by atoms with Gasteiger partial charge in [0.25, 0.3) is 5.69 Å². The lowest BCUT2D eigenvalue weighted by Crippen LogP contribution is -2.24. The van der Waals surface area contributed by atoms with E-state index in [1.807, 2.05) is 0 Å². The minimum absolute atomic E-state index is 0.0212. The lowest BCUT2D eigenvalue weighted by Gasteiger charge is -2.11. The Morgan fingerprint density at radius 2 is 1.81 bits per heavy atom. The van der Waals surface area contributed by atoms with Crippen molar-refractivity contribution >= 4 is 21.7 Å². The number of benzene rings is 2. The fraction of sp³-hybridized carbons (Fsp3) is 0.278. The summed E-state index contributed by atoms with van der Waals surface area (Å²) >= 11 is 0. The Kier molecular flexibility index (Phi) is 6.29. The van der Waals surface area contributed by atoms with Gasteiger partial charge in [-0.15, -0.1) is 0 Å². The predicted octanol–water partition coefficient (Wildman–Crippen LogP) is 2.87. The first-order valence-corrected chi connectivity index (χ1v) is 9.65. The molecule has 8 nitrogen and oxygen atoms in total. The quantitative estimate of drug-likeness (QED) is 0.440. The Morgan fingerprint density at radius 3 is 2.37 bits per heavy atom. The number of ether oxygens (including phenoxy) is 1. The van der Waals surface area contributed by atoms with Gasteiger partial charge in [-0.2, -0.15) is 0 Å². The second-order valence-electron chi connectivity index (χ2n) is 5.88. The number of rotatable bonds is 7. The van der Waals surface area contributed by atoms with E-state index in [0.717, 1.165) is 6.07 Å². The van der Waals surface area contributed by atoms with Gasteiger partial charge in [-0.05, 0) is 49.6 Å². The molecule has 0 bridgehead atoms. The molecule has 1 N–H and O–H groups in total. The van der Waals surface area contributed by atoms with Gasteiger partial charge in [0.2, 0.25) is 10.0 Å². The zero-order valence-electron chi connectivity index (χ0n) is 15.2. The number of carbonyl (C=O) groups excluding carboxylic acids is 1. The minimum Gasteiger partial charge on any atom is -0.462 e. The number of esters is 1. The number of nitro groups is 1. The molecule has 0 saturated carbocycles. The van der Waals surface area contributed by atoms with Crippen LogP contribution in [0.2, 0.25) is 0 Å². The number of nitrogens with zero attached hydrogens (tertiary/aromatic N) is 1. The van der Waals surface area contributed by atoms with E-state index in [0.29, 0.717) is 22.3 Å². The molecule has 0 aliphatic rings. The molecule has 0 atom stereocenters. The number of non-ortho nitro benzene ring substituents is 1. The first kappa shape index (κ1) is 20.5. The van der Waals surface area contributed by atoms with Crippen LogP contribution in [0.3, 0.4) is 0 Å². The van der Waals surface area contributed by atoms with Crippen LogP contribution in [0.1, 0.15) is 34.0 Å². The summed E-state index contributed by atoms with van der Waals surface area (Å²) in [6.45, 7) is 5.17. The van der Waals surface area contributed by atoms with E-state index in [9.17, 15) is 23.3 Å². The minimum atomic E-state index is -3.95. The molecule has 0 aromatic heterocycles. The number of hydrogen-bond donors (Lipinski definition) is 1. The molecule has 144 valence electrons. The smallest absolute Gasteiger partial charge is 0.338 e. The molecule has 27 heavy (non-hydrogen) atoms. The average molecular weight is 392 g/mol. The van der Waals surface area contributed by atoms with Crippen LogP contribution in [-0.2, 0) is 21.3 Å². The van der Waals surface area contributed by atoms with E-state index in [1.54, 1.807) is 45.0 Å². The summed E-state index contributed by atoms with van der Waals surface area (Å²) in [7, 11) is -3.95. The van der Waals surface area contributed by atoms with Gasteiger partial charge in [0.05, 0.1) is 22.0 Å². The van der Waals surface area contributed by atoms with Crippen molar-refractivity contribution in [2.24, 2.45) is 0 Å². The normalized spacial score (nSPS) is 11.2. The predicted molar refractivity (Wildman–Crippen MR) is 99.0 cm³/mol. The van der Waals surface area contributed by atoms with Crippen LogP contribution in [0, 0.1) is 24.0 Å². The number of aryl methyl sites for hydroxylation is 1. The van der Waals surface area contributed by atoms with E-state index < -0.39 is 20.9 Å². The maximum atomic E-state index is 12.6. The van der Waals surface area contributed by atoms with Gasteiger partial charge >= 0.3 is 5.97 Å². The Balaban J connectivity index is 2.20. The molecule has 0 aliphatic heterocycles. The highest BCUT2D eigenvalue weighted by atomic mass is 32.2. The fourth-order valence-electron chi connectivity index (χ4n) is 2.42. The van der Waals surface area contributed by atoms with E-state index in [2.05, 4.69) is 4.72 Å². The Hall–Kier alpha value is -2.78. The lowest BCUT2D eigenvalue weighted by atomic mass is 10.1. The van der Waals surface area contributed by atoms with Crippen LogP contribution in [0.5, 0.6) is 0 Å². The highest BCUT2D eigenvalue weighted by Crippen LogP contribution is 2.25. The molecule has 0 fully saturated rings. The maximum absolute atomic E-state index is 12.6. The van der Waals surface area contributed by atoms with Crippen LogP contribution < -0.4 is 4.72 Å². The van der Waals surface area contributed by atoms with Crippen molar-refractivity contribution in [3.8, 4) is 0 Å². The van der Waals surface area contributed by atoms with E-state index >= 15 is 0 Å². The van der Waals surface area contributed by atoms with Crippen LogP contribution in [0.15, 0.2) is 41.3 Å². The molecular formula is C18H20N2O6S. The summed E-state index contributed by atoms with van der Waals surface area (Å²) in [5.41, 5.74) is 1.69. The van der Waals surface area contributed by atoms with Gasteiger partial charge in [-0.25, -0.2) is 17.9 Å². The maximum Gasteiger partial charge on any atom is 0.338 e. The van der Waals surface area contributed by atoms with Crippen molar-refractivity contribution in [1.29, 1.82) is 0 Å². The molecule has 0 spiro atoms.